The van der Waals surface area contributed by atoms with Crippen molar-refractivity contribution in [2.45, 2.75) is 13.0 Å². The molecule has 74 valence electrons. The van der Waals surface area contributed by atoms with E-state index in [9.17, 15) is 0 Å². The molecule has 0 aromatic carbocycles. The third-order valence-corrected chi connectivity index (χ3v) is 2.17. The highest BCUT2D eigenvalue weighted by molar-refractivity contribution is 6.29. The molecule has 0 N–H and O–H groups in total. The number of nitrogens with zero attached hydrogens (tertiary/aromatic N) is 4. The molecule has 0 aliphatic rings. The van der Waals surface area contributed by atoms with Crippen LogP contribution in [0.3, 0.4) is 0 Å². The standard InChI is InChI=1S/C8H9ClN4O/c1-5(14-2)8-11-10-7-4-3-6(9)12-13(7)8/h3-5H,1-2H3. The Kier molecular flexibility index (Phi) is 2.35. The Labute approximate surface area is 85.7 Å². The van der Waals surface area contributed by atoms with Gasteiger partial charge in [0.2, 0.25) is 0 Å². The Hall–Kier alpha value is -1.20. The summed E-state index contributed by atoms with van der Waals surface area (Å²) in [6, 6.07) is 3.43. The van der Waals surface area contributed by atoms with Gasteiger partial charge >= 0.3 is 0 Å². The number of hydrogen-bond donors (Lipinski definition) is 0. The minimum atomic E-state index is -0.157. The predicted molar refractivity (Wildman–Crippen MR) is 51.2 cm³/mol. The number of halogens is 1. The number of rotatable bonds is 2. The lowest BCUT2D eigenvalue weighted by atomic mass is 10.4. The van der Waals surface area contributed by atoms with Gasteiger partial charge in [-0.3, -0.25) is 0 Å². The van der Waals surface area contributed by atoms with E-state index in [0.717, 1.165) is 0 Å². The molecule has 2 aromatic rings. The Morgan fingerprint density at radius 3 is 2.93 bits per heavy atom. The van der Waals surface area contributed by atoms with E-state index in [-0.39, 0.29) is 6.10 Å². The summed E-state index contributed by atoms with van der Waals surface area (Å²) in [5.74, 6) is 0.644. The number of ether oxygens (including phenoxy) is 1. The van der Waals surface area contributed by atoms with Crippen LogP contribution in [-0.4, -0.2) is 26.9 Å². The molecule has 14 heavy (non-hydrogen) atoms. The molecule has 0 fully saturated rings. The molecule has 5 nitrogen and oxygen atoms in total. The molecule has 2 rings (SSSR count). The summed E-state index contributed by atoms with van der Waals surface area (Å²) in [6.07, 6.45) is -0.157. The van der Waals surface area contributed by atoms with Gasteiger partial charge < -0.3 is 4.74 Å². The number of hydrogen-bond acceptors (Lipinski definition) is 4. The zero-order chi connectivity index (χ0) is 10.1. The van der Waals surface area contributed by atoms with E-state index in [0.29, 0.717) is 16.6 Å². The largest absolute Gasteiger partial charge is 0.374 e. The third-order valence-electron chi connectivity index (χ3n) is 1.97. The van der Waals surface area contributed by atoms with E-state index in [4.69, 9.17) is 16.3 Å². The summed E-state index contributed by atoms with van der Waals surface area (Å²) in [5, 5.41) is 12.4. The van der Waals surface area contributed by atoms with Crippen LogP contribution >= 0.6 is 11.6 Å². The summed E-state index contributed by atoms with van der Waals surface area (Å²) in [7, 11) is 1.61. The molecule has 0 saturated heterocycles. The molecule has 6 heteroatoms. The molecule has 0 amide bonds. The van der Waals surface area contributed by atoms with Gasteiger partial charge in [-0.15, -0.1) is 10.2 Å². The van der Waals surface area contributed by atoms with E-state index in [1.807, 2.05) is 6.92 Å². The van der Waals surface area contributed by atoms with Gasteiger partial charge in [-0.1, -0.05) is 11.6 Å². The first-order valence-electron chi connectivity index (χ1n) is 4.13. The van der Waals surface area contributed by atoms with Gasteiger partial charge in [0.05, 0.1) is 0 Å². The molecule has 0 saturated carbocycles. The zero-order valence-corrected chi connectivity index (χ0v) is 8.56. The molecule has 0 aliphatic carbocycles. The zero-order valence-electron chi connectivity index (χ0n) is 7.81. The minimum Gasteiger partial charge on any atom is -0.374 e. The van der Waals surface area contributed by atoms with Crippen molar-refractivity contribution in [3.63, 3.8) is 0 Å². The summed E-state index contributed by atoms with van der Waals surface area (Å²) < 4.78 is 6.72. The van der Waals surface area contributed by atoms with E-state index >= 15 is 0 Å². The maximum absolute atomic E-state index is 5.77. The van der Waals surface area contributed by atoms with Crippen molar-refractivity contribution in [1.82, 2.24) is 19.8 Å². The second-order valence-corrected chi connectivity index (χ2v) is 3.25. The smallest absolute Gasteiger partial charge is 0.183 e. The van der Waals surface area contributed by atoms with Gasteiger partial charge in [-0.2, -0.15) is 9.61 Å². The van der Waals surface area contributed by atoms with Crippen molar-refractivity contribution in [3.05, 3.63) is 23.1 Å². The van der Waals surface area contributed by atoms with Crippen molar-refractivity contribution in [1.29, 1.82) is 0 Å². The number of aromatic nitrogens is 4. The van der Waals surface area contributed by atoms with Gasteiger partial charge in [0.15, 0.2) is 11.5 Å². The summed E-state index contributed by atoms with van der Waals surface area (Å²) in [5.41, 5.74) is 0.660. The highest BCUT2D eigenvalue weighted by Gasteiger charge is 2.13. The first kappa shape index (κ1) is 9.36. The van der Waals surface area contributed by atoms with Gasteiger partial charge in [-0.05, 0) is 19.1 Å². The second-order valence-electron chi connectivity index (χ2n) is 2.86. The van der Waals surface area contributed by atoms with Crippen molar-refractivity contribution < 1.29 is 4.74 Å². The van der Waals surface area contributed by atoms with Crippen LogP contribution in [0.25, 0.3) is 5.65 Å². The van der Waals surface area contributed by atoms with E-state index in [2.05, 4.69) is 15.3 Å². The quantitative estimate of drug-likeness (QED) is 0.757. The fourth-order valence-electron chi connectivity index (χ4n) is 1.14. The van der Waals surface area contributed by atoms with E-state index in [1.54, 1.807) is 23.8 Å². The highest BCUT2D eigenvalue weighted by atomic mass is 35.5. The lowest BCUT2D eigenvalue weighted by molar-refractivity contribution is 0.110. The van der Waals surface area contributed by atoms with E-state index in [1.165, 1.54) is 0 Å². The van der Waals surface area contributed by atoms with Gasteiger partial charge in [0, 0.05) is 7.11 Å². The summed E-state index contributed by atoms with van der Waals surface area (Å²) in [4.78, 5) is 0. The lowest BCUT2D eigenvalue weighted by Gasteiger charge is -2.05. The van der Waals surface area contributed by atoms with Crippen LogP contribution in [-0.2, 0) is 4.74 Å². The highest BCUT2D eigenvalue weighted by Crippen LogP contribution is 2.14. The van der Waals surface area contributed by atoms with Crippen LogP contribution in [0, 0.1) is 0 Å². The van der Waals surface area contributed by atoms with Crippen LogP contribution in [0.1, 0.15) is 18.9 Å². The molecule has 1 atom stereocenters. The van der Waals surface area contributed by atoms with Crippen molar-refractivity contribution >= 4 is 17.2 Å². The minimum absolute atomic E-state index is 0.157. The first-order valence-corrected chi connectivity index (χ1v) is 4.51. The molecular weight excluding hydrogens is 204 g/mol. The molecule has 0 bridgehead atoms. The molecular formula is C8H9ClN4O. The molecule has 0 aliphatic heterocycles. The molecule has 2 heterocycles. The normalized spacial score (nSPS) is 13.4. The van der Waals surface area contributed by atoms with Gasteiger partial charge in [-0.25, -0.2) is 0 Å². The Morgan fingerprint density at radius 2 is 2.21 bits per heavy atom. The van der Waals surface area contributed by atoms with Gasteiger partial charge in [0.25, 0.3) is 0 Å². The number of methoxy groups -OCH3 is 1. The van der Waals surface area contributed by atoms with Crippen molar-refractivity contribution in [3.8, 4) is 0 Å². The number of fused-ring (bicyclic) bond motifs is 1. The maximum Gasteiger partial charge on any atom is 0.183 e. The van der Waals surface area contributed by atoms with Crippen LogP contribution in [0.2, 0.25) is 5.15 Å². The Bertz CT molecular complexity index is 456. The maximum atomic E-state index is 5.77. The fourth-order valence-corrected chi connectivity index (χ4v) is 1.28. The van der Waals surface area contributed by atoms with Crippen LogP contribution in [0.4, 0.5) is 0 Å². The SMILES string of the molecule is COC(C)c1nnc2ccc(Cl)nn12. The van der Waals surface area contributed by atoms with Crippen molar-refractivity contribution in [2.24, 2.45) is 0 Å². The van der Waals surface area contributed by atoms with Crippen LogP contribution < -0.4 is 0 Å². The average Bonchev–Trinajstić information content (AvgIpc) is 2.59. The predicted octanol–water partition coefficient (Wildman–Crippen LogP) is 1.49. The van der Waals surface area contributed by atoms with Crippen LogP contribution in [0.5, 0.6) is 0 Å². The fraction of sp³-hybridized carbons (Fsp3) is 0.375. The third kappa shape index (κ3) is 1.44. The van der Waals surface area contributed by atoms with E-state index < -0.39 is 0 Å². The first-order chi connectivity index (χ1) is 6.72. The Morgan fingerprint density at radius 1 is 1.43 bits per heavy atom. The average molecular weight is 213 g/mol. The molecule has 1 unspecified atom stereocenters. The molecule has 0 radical (unpaired) electrons. The van der Waals surface area contributed by atoms with Gasteiger partial charge in [0.1, 0.15) is 11.3 Å². The molecule has 0 spiro atoms. The lowest BCUT2D eigenvalue weighted by Crippen LogP contribution is -2.04. The van der Waals surface area contributed by atoms with Crippen LogP contribution in [0.15, 0.2) is 12.1 Å². The molecule has 2 aromatic heterocycles. The summed E-state index contributed by atoms with van der Waals surface area (Å²) >= 11 is 5.77. The monoisotopic (exact) mass is 212 g/mol. The summed E-state index contributed by atoms with van der Waals surface area (Å²) in [6.45, 7) is 1.87. The second kappa shape index (κ2) is 3.51. The van der Waals surface area contributed by atoms with Crippen molar-refractivity contribution in [2.75, 3.05) is 7.11 Å². The Balaban J connectivity index is 2.61. The topological polar surface area (TPSA) is 52.3 Å².